The van der Waals surface area contributed by atoms with Crippen LogP contribution in [-0.4, -0.2) is 17.5 Å². The third kappa shape index (κ3) is 2.08. The quantitative estimate of drug-likeness (QED) is 0.366. The van der Waals surface area contributed by atoms with Crippen LogP contribution in [-0.2, 0) is 4.74 Å². The molecule has 86 valence electrons. The van der Waals surface area contributed by atoms with Crippen molar-refractivity contribution in [2.45, 2.75) is 6.92 Å². The maximum Gasteiger partial charge on any atom is 0.348 e. The van der Waals surface area contributed by atoms with Crippen molar-refractivity contribution in [3.63, 3.8) is 0 Å². The van der Waals surface area contributed by atoms with E-state index in [9.17, 15) is 19.3 Å². The molecule has 0 unspecified atom stereocenters. The number of hydrogen-bond donors (Lipinski definition) is 1. The highest BCUT2D eigenvalue weighted by molar-refractivity contribution is 5.95. The number of carbonyl (C=O) groups is 1. The van der Waals surface area contributed by atoms with Gasteiger partial charge < -0.3 is 10.5 Å². The smallest absolute Gasteiger partial charge is 0.348 e. The molecule has 0 saturated heterocycles. The molecule has 0 amide bonds. The van der Waals surface area contributed by atoms with Gasteiger partial charge in [0, 0.05) is 6.07 Å². The van der Waals surface area contributed by atoms with Crippen molar-refractivity contribution in [1.82, 2.24) is 0 Å². The Balaban J connectivity index is 3.37. The second-order valence-corrected chi connectivity index (χ2v) is 2.84. The van der Waals surface area contributed by atoms with Crippen molar-refractivity contribution in [3.8, 4) is 0 Å². The summed E-state index contributed by atoms with van der Waals surface area (Å²) in [5.41, 5.74) is 3.47. The van der Waals surface area contributed by atoms with E-state index in [-0.39, 0.29) is 12.3 Å². The van der Waals surface area contributed by atoms with E-state index in [1.54, 1.807) is 0 Å². The molecule has 0 aliphatic heterocycles. The number of nitro groups is 1. The van der Waals surface area contributed by atoms with Crippen LogP contribution in [0.1, 0.15) is 17.3 Å². The first-order valence-corrected chi connectivity index (χ1v) is 4.38. The lowest BCUT2D eigenvalue weighted by Gasteiger charge is -2.05. The molecule has 2 N–H and O–H groups in total. The summed E-state index contributed by atoms with van der Waals surface area (Å²) in [6.45, 7) is 1.50. The van der Waals surface area contributed by atoms with Crippen molar-refractivity contribution in [3.05, 3.63) is 33.6 Å². The van der Waals surface area contributed by atoms with Gasteiger partial charge in [0.2, 0.25) is 0 Å². The third-order valence-electron chi connectivity index (χ3n) is 1.83. The van der Waals surface area contributed by atoms with Crippen molar-refractivity contribution >= 4 is 17.3 Å². The van der Waals surface area contributed by atoms with Crippen molar-refractivity contribution in [1.29, 1.82) is 0 Å². The average Bonchev–Trinajstić information content (AvgIpc) is 2.21. The molecule has 1 aromatic rings. The van der Waals surface area contributed by atoms with Gasteiger partial charge in [-0.25, -0.2) is 9.18 Å². The first kappa shape index (κ1) is 11.9. The number of esters is 1. The Bertz CT molecular complexity index is 447. The zero-order valence-corrected chi connectivity index (χ0v) is 8.40. The number of nitro benzene ring substituents is 1. The molecule has 7 heteroatoms. The molecule has 0 aliphatic rings. The van der Waals surface area contributed by atoms with Gasteiger partial charge in [-0.05, 0) is 13.0 Å². The Kier molecular flexibility index (Phi) is 3.39. The minimum atomic E-state index is -1.13. The summed E-state index contributed by atoms with van der Waals surface area (Å²) in [5.74, 6) is -2.23. The Hall–Kier alpha value is -2.18. The van der Waals surface area contributed by atoms with E-state index in [0.717, 1.165) is 12.1 Å². The fourth-order valence-electron chi connectivity index (χ4n) is 1.13. The Morgan fingerprint density at radius 2 is 2.25 bits per heavy atom. The summed E-state index contributed by atoms with van der Waals surface area (Å²) < 4.78 is 18.0. The van der Waals surface area contributed by atoms with E-state index in [0.29, 0.717) is 0 Å². The van der Waals surface area contributed by atoms with E-state index in [1.807, 2.05) is 0 Å². The van der Waals surface area contributed by atoms with Gasteiger partial charge in [0.25, 0.3) is 5.69 Å². The zero-order chi connectivity index (χ0) is 12.3. The molecule has 0 bridgehead atoms. The highest BCUT2D eigenvalue weighted by Crippen LogP contribution is 2.26. The Morgan fingerprint density at radius 1 is 1.62 bits per heavy atom. The van der Waals surface area contributed by atoms with Crippen LogP contribution in [0.3, 0.4) is 0 Å². The molecule has 0 spiro atoms. The fraction of sp³-hybridized carbons (Fsp3) is 0.222. The Labute approximate surface area is 90.0 Å². The predicted octanol–water partition coefficient (Wildman–Crippen LogP) is 1.49. The van der Waals surface area contributed by atoms with Crippen molar-refractivity contribution in [2.75, 3.05) is 12.3 Å². The highest BCUT2D eigenvalue weighted by Gasteiger charge is 2.27. The molecule has 0 radical (unpaired) electrons. The summed E-state index contributed by atoms with van der Waals surface area (Å²) >= 11 is 0. The number of benzene rings is 1. The van der Waals surface area contributed by atoms with Crippen LogP contribution in [0.25, 0.3) is 0 Å². The molecular weight excluding hydrogens is 219 g/mol. The summed E-state index contributed by atoms with van der Waals surface area (Å²) in [6, 6.07) is 1.99. The topological polar surface area (TPSA) is 95.5 Å². The second kappa shape index (κ2) is 4.56. The zero-order valence-electron chi connectivity index (χ0n) is 8.40. The van der Waals surface area contributed by atoms with E-state index in [1.165, 1.54) is 6.92 Å². The molecule has 6 nitrogen and oxygen atoms in total. The van der Waals surface area contributed by atoms with E-state index in [4.69, 9.17) is 5.73 Å². The largest absolute Gasteiger partial charge is 0.462 e. The van der Waals surface area contributed by atoms with Crippen molar-refractivity contribution < 1.29 is 18.8 Å². The molecule has 0 aromatic heterocycles. The molecule has 1 aromatic carbocycles. The maximum atomic E-state index is 13.5. The number of carbonyl (C=O) groups excluding carboxylic acids is 1. The number of hydrogen-bond acceptors (Lipinski definition) is 5. The minimum absolute atomic E-state index is 0.00970. The summed E-state index contributed by atoms with van der Waals surface area (Å²) in [7, 11) is 0. The molecule has 0 atom stereocenters. The lowest BCUT2D eigenvalue weighted by Crippen LogP contribution is -2.12. The molecule has 16 heavy (non-hydrogen) atoms. The number of nitrogens with two attached hydrogens (primary N) is 1. The number of nitrogen functional groups attached to an aromatic ring is 1. The average molecular weight is 228 g/mol. The summed E-state index contributed by atoms with van der Waals surface area (Å²) in [5, 5.41) is 10.6. The van der Waals surface area contributed by atoms with E-state index < -0.39 is 28.0 Å². The standard InChI is InChI=1S/C9H9FN2O4/c1-2-16-9(13)7-6(12(14)15)4-3-5(11)8(7)10/h3-4H,2,11H2,1H3. The normalized spacial score (nSPS) is 9.88. The van der Waals surface area contributed by atoms with Crippen LogP contribution in [0, 0.1) is 15.9 Å². The number of rotatable bonds is 3. The molecule has 0 heterocycles. The van der Waals surface area contributed by atoms with Gasteiger partial charge in [-0.3, -0.25) is 10.1 Å². The van der Waals surface area contributed by atoms with Crippen LogP contribution in [0.5, 0.6) is 0 Å². The van der Waals surface area contributed by atoms with Crippen LogP contribution in [0.2, 0.25) is 0 Å². The van der Waals surface area contributed by atoms with Crippen molar-refractivity contribution in [2.24, 2.45) is 0 Å². The number of ether oxygens (including phenoxy) is 1. The predicted molar refractivity (Wildman–Crippen MR) is 53.4 cm³/mol. The fourth-order valence-corrected chi connectivity index (χ4v) is 1.13. The number of nitrogens with zero attached hydrogens (tertiary/aromatic N) is 1. The van der Waals surface area contributed by atoms with Crippen LogP contribution in [0.15, 0.2) is 12.1 Å². The summed E-state index contributed by atoms with van der Waals surface area (Å²) in [4.78, 5) is 21.0. The van der Waals surface area contributed by atoms with E-state index in [2.05, 4.69) is 4.74 Å². The maximum absolute atomic E-state index is 13.5. The lowest BCUT2D eigenvalue weighted by atomic mass is 10.1. The van der Waals surface area contributed by atoms with E-state index >= 15 is 0 Å². The minimum Gasteiger partial charge on any atom is -0.462 e. The first-order chi connectivity index (χ1) is 7.49. The molecule has 0 fully saturated rings. The van der Waals surface area contributed by atoms with Gasteiger partial charge in [0.05, 0.1) is 17.2 Å². The molecule has 0 aliphatic carbocycles. The SMILES string of the molecule is CCOC(=O)c1c([N+](=O)[O-])ccc(N)c1F. The van der Waals surface area contributed by atoms with Gasteiger partial charge in [-0.2, -0.15) is 0 Å². The third-order valence-corrected chi connectivity index (χ3v) is 1.83. The molecular formula is C9H9FN2O4. The number of halogens is 1. The van der Waals surface area contributed by atoms with Gasteiger partial charge in [-0.1, -0.05) is 0 Å². The van der Waals surface area contributed by atoms with Gasteiger partial charge >= 0.3 is 5.97 Å². The van der Waals surface area contributed by atoms with Crippen LogP contribution in [0.4, 0.5) is 15.8 Å². The first-order valence-electron chi connectivity index (χ1n) is 4.38. The monoisotopic (exact) mass is 228 g/mol. The lowest BCUT2D eigenvalue weighted by molar-refractivity contribution is -0.385. The van der Waals surface area contributed by atoms with Crippen LogP contribution >= 0.6 is 0 Å². The highest BCUT2D eigenvalue weighted by atomic mass is 19.1. The number of anilines is 1. The van der Waals surface area contributed by atoms with Gasteiger partial charge in [-0.15, -0.1) is 0 Å². The Morgan fingerprint density at radius 3 is 2.75 bits per heavy atom. The van der Waals surface area contributed by atoms with Gasteiger partial charge in [0.15, 0.2) is 11.4 Å². The summed E-state index contributed by atoms with van der Waals surface area (Å²) in [6.07, 6.45) is 0. The molecule has 1 rings (SSSR count). The second-order valence-electron chi connectivity index (χ2n) is 2.84. The van der Waals surface area contributed by atoms with Crippen LogP contribution < -0.4 is 5.73 Å². The van der Waals surface area contributed by atoms with Gasteiger partial charge in [0.1, 0.15) is 0 Å². The molecule has 0 saturated carbocycles.